The Hall–Kier alpha value is -3.88. The monoisotopic (exact) mass is 492 g/mol. The maximum Gasteiger partial charge on any atom is 0.263 e. The van der Waals surface area contributed by atoms with Gasteiger partial charge in [-0.2, -0.15) is 4.98 Å². The Morgan fingerprint density at radius 1 is 1.11 bits per heavy atom. The van der Waals surface area contributed by atoms with Crippen LogP contribution in [0, 0.1) is 11.7 Å². The Labute approximate surface area is 208 Å². The molecule has 36 heavy (non-hydrogen) atoms. The third kappa shape index (κ3) is 4.19. The van der Waals surface area contributed by atoms with Gasteiger partial charge in [0.2, 0.25) is 11.3 Å². The fourth-order valence-electron chi connectivity index (χ4n) is 4.73. The topological polar surface area (TPSA) is 82.6 Å². The third-order valence-corrected chi connectivity index (χ3v) is 6.91. The van der Waals surface area contributed by atoms with Gasteiger partial charge < -0.3 is 23.5 Å². The van der Waals surface area contributed by atoms with Gasteiger partial charge in [-0.25, -0.2) is 4.39 Å². The number of hydrogen-bond donors (Lipinski definition) is 0. The van der Waals surface area contributed by atoms with E-state index in [9.17, 15) is 4.79 Å². The first-order valence-corrected chi connectivity index (χ1v) is 12.1. The zero-order valence-electron chi connectivity index (χ0n) is 20.9. The quantitative estimate of drug-likeness (QED) is 0.369. The van der Waals surface area contributed by atoms with Crippen LogP contribution >= 0.6 is 0 Å². The van der Waals surface area contributed by atoms with E-state index in [4.69, 9.17) is 14.0 Å². The molecule has 188 valence electrons. The minimum absolute atomic E-state index is 0.0726. The fourth-order valence-corrected chi connectivity index (χ4v) is 4.73. The summed E-state index contributed by atoms with van der Waals surface area (Å²) in [5.74, 6) is 1.71. The zero-order valence-corrected chi connectivity index (χ0v) is 20.9. The molecular weight excluding hydrogens is 463 g/mol. The van der Waals surface area contributed by atoms with Crippen LogP contribution < -0.4 is 19.8 Å². The lowest BCUT2D eigenvalue weighted by molar-refractivity contribution is 0.355. The van der Waals surface area contributed by atoms with Crippen LogP contribution in [0.5, 0.6) is 11.5 Å². The molecule has 1 fully saturated rings. The highest BCUT2D eigenvalue weighted by Crippen LogP contribution is 2.33. The van der Waals surface area contributed by atoms with Crippen LogP contribution in [-0.2, 0) is 6.54 Å². The van der Waals surface area contributed by atoms with Crippen molar-refractivity contribution in [2.24, 2.45) is 5.92 Å². The Bertz CT molecular complexity index is 1470. The van der Waals surface area contributed by atoms with Crippen LogP contribution in [-0.4, -0.2) is 42.0 Å². The van der Waals surface area contributed by atoms with E-state index in [1.54, 1.807) is 44.7 Å². The molecule has 8 nitrogen and oxygen atoms in total. The largest absolute Gasteiger partial charge is 0.493 e. The van der Waals surface area contributed by atoms with E-state index in [2.05, 4.69) is 22.0 Å². The molecule has 3 heterocycles. The first-order chi connectivity index (χ1) is 17.4. The van der Waals surface area contributed by atoms with Gasteiger partial charge in [-0.1, -0.05) is 12.1 Å². The van der Waals surface area contributed by atoms with Crippen LogP contribution in [0.2, 0.25) is 0 Å². The zero-order chi connectivity index (χ0) is 25.4. The Kier molecular flexibility index (Phi) is 6.38. The van der Waals surface area contributed by atoms with Gasteiger partial charge >= 0.3 is 0 Å². The molecule has 0 bridgehead atoms. The van der Waals surface area contributed by atoms with E-state index in [-0.39, 0.29) is 22.3 Å². The second-order valence-corrected chi connectivity index (χ2v) is 9.14. The minimum Gasteiger partial charge on any atom is -0.493 e. The van der Waals surface area contributed by atoms with Crippen molar-refractivity contribution < 1.29 is 18.4 Å². The molecule has 0 aliphatic carbocycles. The van der Waals surface area contributed by atoms with Crippen LogP contribution in [0.25, 0.3) is 33.7 Å². The van der Waals surface area contributed by atoms with Crippen molar-refractivity contribution in [2.45, 2.75) is 33.2 Å². The highest BCUT2D eigenvalue weighted by Gasteiger charge is 2.23. The second kappa shape index (κ2) is 9.64. The van der Waals surface area contributed by atoms with Crippen molar-refractivity contribution in [3.8, 4) is 34.3 Å². The Morgan fingerprint density at radius 3 is 2.56 bits per heavy atom. The molecule has 9 heteroatoms. The Balaban J connectivity index is 1.56. The maximum absolute atomic E-state index is 15.2. The van der Waals surface area contributed by atoms with Gasteiger partial charge in [-0.15, -0.1) is 0 Å². The number of anilines is 1. The highest BCUT2D eigenvalue weighted by molar-refractivity contribution is 5.86. The van der Waals surface area contributed by atoms with E-state index in [1.807, 2.05) is 11.5 Å². The molecule has 4 aromatic rings. The number of fused-ring (bicyclic) bond motifs is 1. The summed E-state index contributed by atoms with van der Waals surface area (Å²) in [5.41, 5.74) is 1.74. The number of ether oxygens (including phenoxy) is 2. The second-order valence-electron chi connectivity index (χ2n) is 9.14. The molecule has 1 aliphatic heterocycles. The average Bonchev–Trinajstić information content (AvgIpc) is 3.39. The van der Waals surface area contributed by atoms with Crippen molar-refractivity contribution in [2.75, 3.05) is 32.2 Å². The van der Waals surface area contributed by atoms with Gasteiger partial charge in [0.25, 0.3) is 5.89 Å². The van der Waals surface area contributed by atoms with Gasteiger partial charge in [0, 0.05) is 36.8 Å². The van der Waals surface area contributed by atoms with Crippen LogP contribution in [0.4, 0.5) is 10.1 Å². The number of piperidine rings is 1. The number of methoxy groups -OCH3 is 2. The summed E-state index contributed by atoms with van der Waals surface area (Å²) < 4.78 is 33.3. The molecular formula is C27H29FN4O4. The number of halogens is 1. The normalized spacial score (nSPS) is 14.4. The van der Waals surface area contributed by atoms with E-state index >= 15 is 4.39 Å². The van der Waals surface area contributed by atoms with Crippen molar-refractivity contribution in [3.63, 3.8) is 0 Å². The Morgan fingerprint density at radius 2 is 1.86 bits per heavy atom. The molecule has 0 unspecified atom stereocenters. The first-order valence-electron chi connectivity index (χ1n) is 12.1. The lowest BCUT2D eigenvalue weighted by Crippen LogP contribution is -2.33. The molecule has 0 atom stereocenters. The van der Waals surface area contributed by atoms with Crippen molar-refractivity contribution in [1.82, 2.24) is 14.7 Å². The average molecular weight is 493 g/mol. The number of benzene rings is 2. The molecule has 0 spiro atoms. The standard InChI is InChI=1S/C27H29FN4O4/c1-5-31-15-19(27-29-26(30-36-27)17-6-7-23(34-3)24(12-17)35-4)25(33)18-13-20(28)22(14-21(18)31)32-10-8-16(2)9-11-32/h6-7,12-16H,5,8-11H2,1-4H3. The summed E-state index contributed by atoms with van der Waals surface area (Å²) in [6, 6.07) is 8.38. The number of pyridine rings is 1. The summed E-state index contributed by atoms with van der Waals surface area (Å²) in [6.45, 7) is 6.39. The molecule has 0 saturated carbocycles. The maximum atomic E-state index is 15.2. The molecule has 1 saturated heterocycles. The van der Waals surface area contributed by atoms with Gasteiger partial charge in [0.05, 0.1) is 25.4 Å². The summed E-state index contributed by atoms with van der Waals surface area (Å²) in [4.78, 5) is 20.0. The van der Waals surface area contributed by atoms with Crippen LogP contribution in [0.1, 0.15) is 26.7 Å². The van der Waals surface area contributed by atoms with Crippen LogP contribution in [0.15, 0.2) is 45.8 Å². The number of rotatable bonds is 6. The predicted molar refractivity (Wildman–Crippen MR) is 136 cm³/mol. The molecule has 0 radical (unpaired) electrons. The van der Waals surface area contributed by atoms with Crippen LogP contribution in [0.3, 0.4) is 0 Å². The van der Waals surface area contributed by atoms with E-state index in [1.165, 1.54) is 6.07 Å². The first kappa shape index (κ1) is 23.8. The molecule has 2 aromatic heterocycles. The number of hydrogen-bond acceptors (Lipinski definition) is 7. The number of nitrogens with zero attached hydrogens (tertiary/aromatic N) is 4. The highest BCUT2D eigenvalue weighted by atomic mass is 19.1. The van der Waals surface area contributed by atoms with Gasteiger partial charge in [-0.05, 0) is 56.0 Å². The van der Waals surface area contributed by atoms with Crippen molar-refractivity contribution >= 4 is 16.6 Å². The fraction of sp³-hybridized carbons (Fsp3) is 0.370. The number of aromatic nitrogens is 3. The number of aryl methyl sites for hydroxylation is 1. The van der Waals surface area contributed by atoms with Gasteiger partial charge in [0.15, 0.2) is 11.5 Å². The molecule has 0 amide bonds. The molecule has 2 aromatic carbocycles. The van der Waals surface area contributed by atoms with E-state index < -0.39 is 5.82 Å². The summed E-state index contributed by atoms with van der Waals surface area (Å²) in [7, 11) is 3.10. The SMILES string of the molecule is CCn1cc(-c2nc(-c3ccc(OC)c(OC)c3)no2)c(=O)c2cc(F)c(N3CCC(C)CC3)cc21. The van der Waals surface area contributed by atoms with Crippen molar-refractivity contribution in [3.05, 3.63) is 52.6 Å². The molecule has 5 rings (SSSR count). The summed E-state index contributed by atoms with van der Waals surface area (Å²) >= 11 is 0. The van der Waals surface area contributed by atoms with Crippen molar-refractivity contribution in [1.29, 1.82) is 0 Å². The molecule has 1 aliphatic rings. The van der Waals surface area contributed by atoms with Gasteiger partial charge in [-0.3, -0.25) is 4.79 Å². The summed E-state index contributed by atoms with van der Waals surface area (Å²) in [6.07, 6.45) is 3.75. The van der Waals surface area contributed by atoms with Gasteiger partial charge in [0.1, 0.15) is 11.4 Å². The summed E-state index contributed by atoms with van der Waals surface area (Å²) in [5, 5.41) is 4.34. The smallest absolute Gasteiger partial charge is 0.263 e. The van der Waals surface area contributed by atoms with E-state index in [0.717, 1.165) is 25.9 Å². The predicted octanol–water partition coefficient (Wildman–Crippen LogP) is 5.13. The lowest BCUT2D eigenvalue weighted by atomic mass is 9.98. The third-order valence-electron chi connectivity index (χ3n) is 6.91. The minimum atomic E-state index is -0.398. The van der Waals surface area contributed by atoms with E-state index in [0.29, 0.717) is 46.6 Å². The lowest BCUT2D eigenvalue weighted by Gasteiger charge is -2.32. The molecule has 0 N–H and O–H groups in total.